The van der Waals surface area contributed by atoms with E-state index in [-0.39, 0.29) is 24.4 Å². The van der Waals surface area contributed by atoms with E-state index in [4.69, 9.17) is 5.73 Å². The van der Waals surface area contributed by atoms with Crippen molar-refractivity contribution in [1.82, 2.24) is 9.88 Å². The number of piperidine rings is 1. The van der Waals surface area contributed by atoms with Crippen molar-refractivity contribution in [2.24, 2.45) is 11.7 Å². The van der Waals surface area contributed by atoms with Crippen LogP contribution in [0.2, 0.25) is 0 Å². The van der Waals surface area contributed by atoms with Crippen LogP contribution in [0.5, 0.6) is 0 Å². The Morgan fingerprint density at radius 3 is 2.71 bits per heavy atom. The van der Waals surface area contributed by atoms with Crippen LogP contribution in [0.3, 0.4) is 0 Å². The van der Waals surface area contributed by atoms with Crippen LogP contribution in [0.15, 0.2) is 30.5 Å². The number of aliphatic hydroxyl groups excluding tert-OH is 1. The minimum atomic E-state index is -0.516. The molecule has 1 fully saturated rings. The Morgan fingerprint density at radius 1 is 1.38 bits per heavy atom. The number of nitrogens with one attached hydrogen (secondary N) is 1. The number of nitrogens with two attached hydrogens (primary N) is 1. The highest BCUT2D eigenvalue weighted by atomic mass is 35.5. The Balaban J connectivity index is 0.00000208. The van der Waals surface area contributed by atoms with Crippen molar-refractivity contribution < 1.29 is 9.90 Å². The van der Waals surface area contributed by atoms with Crippen LogP contribution in [0.4, 0.5) is 0 Å². The normalized spacial score (nSPS) is 18.2. The number of carbonyl (C=O) groups is 1. The Bertz CT molecular complexity index is 678. The van der Waals surface area contributed by atoms with Crippen molar-refractivity contribution in [2.75, 3.05) is 13.1 Å². The summed E-state index contributed by atoms with van der Waals surface area (Å²) in [6, 6.07) is 7.53. The summed E-state index contributed by atoms with van der Waals surface area (Å²) in [5, 5.41) is 10.8. The third kappa shape index (κ3) is 3.91. The number of para-hydroxylation sites is 1. The van der Waals surface area contributed by atoms with Crippen molar-refractivity contribution in [3.63, 3.8) is 0 Å². The molecule has 24 heavy (non-hydrogen) atoms. The lowest BCUT2D eigenvalue weighted by atomic mass is 9.91. The first kappa shape index (κ1) is 18.8. The highest BCUT2D eigenvalue weighted by Crippen LogP contribution is 2.22. The van der Waals surface area contributed by atoms with Crippen molar-refractivity contribution in [3.05, 3.63) is 36.0 Å². The molecule has 2 heterocycles. The Kier molecular flexibility index (Phi) is 6.27. The van der Waals surface area contributed by atoms with Gasteiger partial charge in [0.05, 0.1) is 12.1 Å². The third-order valence-electron chi connectivity index (χ3n) is 4.97. The van der Waals surface area contributed by atoms with Gasteiger partial charge in [0.1, 0.15) is 0 Å². The molecular weight excluding hydrogens is 326 g/mol. The average Bonchev–Trinajstić information content (AvgIpc) is 2.97. The maximum absolute atomic E-state index is 12.6. The van der Waals surface area contributed by atoms with Crippen LogP contribution in [0.25, 0.3) is 10.9 Å². The number of carbonyl (C=O) groups excluding carboxylic acids is 1. The van der Waals surface area contributed by atoms with Gasteiger partial charge in [-0.3, -0.25) is 4.79 Å². The number of rotatable bonds is 4. The quantitative estimate of drug-likeness (QED) is 0.788. The predicted molar refractivity (Wildman–Crippen MR) is 98.2 cm³/mol. The zero-order chi connectivity index (χ0) is 16.4. The molecule has 132 valence electrons. The number of aromatic amines is 1. The summed E-state index contributed by atoms with van der Waals surface area (Å²) in [5.74, 6) is 0.309. The minimum absolute atomic E-state index is 0. The van der Waals surface area contributed by atoms with E-state index >= 15 is 0 Å². The number of hydrogen-bond acceptors (Lipinski definition) is 3. The van der Waals surface area contributed by atoms with Crippen LogP contribution in [0.1, 0.15) is 25.3 Å². The zero-order valence-electron chi connectivity index (χ0n) is 13.9. The number of nitrogens with zero attached hydrogens (tertiary/aromatic N) is 1. The summed E-state index contributed by atoms with van der Waals surface area (Å²) >= 11 is 0. The molecule has 1 aliphatic heterocycles. The summed E-state index contributed by atoms with van der Waals surface area (Å²) in [4.78, 5) is 17.6. The number of amides is 1. The predicted octanol–water partition coefficient (Wildman–Crippen LogP) is 2.08. The Morgan fingerprint density at radius 2 is 2.04 bits per heavy atom. The minimum Gasteiger partial charge on any atom is -0.393 e. The molecule has 1 aromatic carbocycles. The standard InChI is InChI=1S/C18H25N3O2.ClH/c1-12(22)13-6-8-21(9-7-13)18(23)16(19)10-14-11-20-17-5-3-2-4-15(14)17;/h2-5,11-13,16,20,22H,6-10,19H2,1H3;1H/t12?,16-;/m0./s1. The van der Waals surface area contributed by atoms with Gasteiger partial charge in [-0.2, -0.15) is 0 Å². The molecule has 5 nitrogen and oxygen atoms in total. The lowest BCUT2D eigenvalue weighted by Crippen LogP contribution is -2.48. The summed E-state index contributed by atoms with van der Waals surface area (Å²) in [7, 11) is 0. The van der Waals surface area contributed by atoms with Crippen LogP contribution in [0, 0.1) is 5.92 Å². The maximum Gasteiger partial charge on any atom is 0.239 e. The summed E-state index contributed by atoms with van der Waals surface area (Å²) in [6.07, 6.45) is 3.88. The first-order valence-electron chi connectivity index (χ1n) is 8.33. The zero-order valence-corrected chi connectivity index (χ0v) is 14.8. The molecule has 0 bridgehead atoms. The molecule has 1 aromatic heterocycles. The van der Waals surface area contributed by atoms with Gasteiger partial charge in [-0.05, 0) is 43.7 Å². The largest absolute Gasteiger partial charge is 0.393 e. The summed E-state index contributed by atoms with van der Waals surface area (Å²) in [5.41, 5.74) is 8.32. The molecule has 1 amide bonds. The number of fused-ring (bicyclic) bond motifs is 1. The lowest BCUT2D eigenvalue weighted by molar-refractivity contribution is -0.134. The van der Waals surface area contributed by atoms with Gasteiger partial charge in [0, 0.05) is 30.2 Å². The van der Waals surface area contributed by atoms with Gasteiger partial charge in [-0.25, -0.2) is 0 Å². The van der Waals surface area contributed by atoms with Gasteiger partial charge in [0.2, 0.25) is 5.91 Å². The van der Waals surface area contributed by atoms with Gasteiger partial charge >= 0.3 is 0 Å². The van der Waals surface area contributed by atoms with Crippen LogP contribution < -0.4 is 5.73 Å². The monoisotopic (exact) mass is 351 g/mol. The second-order valence-electron chi connectivity index (χ2n) is 6.57. The van der Waals surface area contributed by atoms with Crippen LogP contribution >= 0.6 is 12.4 Å². The molecule has 3 rings (SSSR count). The molecule has 2 aromatic rings. The van der Waals surface area contributed by atoms with E-state index in [2.05, 4.69) is 4.98 Å². The fourth-order valence-corrected chi connectivity index (χ4v) is 3.46. The van der Waals surface area contributed by atoms with Crippen molar-refractivity contribution in [2.45, 2.75) is 38.3 Å². The molecule has 0 radical (unpaired) electrons. The molecule has 1 unspecified atom stereocenters. The van der Waals surface area contributed by atoms with Gasteiger partial charge in [-0.1, -0.05) is 18.2 Å². The highest BCUT2D eigenvalue weighted by Gasteiger charge is 2.28. The molecule has 2 atom stereocenters. The second-order valence-corrected chi connectivity index (χ2v) is 6.57. The van der Waals surface area contributed by atoms with Crippen LogP contribution in [-0.4, -0.2) is 46.1 Å². The Labute approximate surface area is 148 Å². The Hall–Kier alpha value is -1.56. The van der Waals surface area contributed by atoms with E-state index in [9.17, 15) is 9.90 Å². The molecular formula is C18H26ClN3O2. The van der Waals surface area contributed by atoms with Gasteiger partial charge in [0.25, 0.3) is 0 Å². The second kappa shape index (κ2) is 8.01. The smallest absolute Gasteiger partial charge is 0.239 e. The molecule has 1 saturated heterocycles. The van der Waals surface area contributed by atoms with Gasteiger partial charge in [-0.15, -0.1) is 12.4 Å². The van der Waals surface area contributed by atoms with E-state index in [1.807, 2.05) is 42.3 Å². The molecule has 0 aliphatic carbocycles. The summed E-state index contributed by atoms with van der Waals surface area (Å²) in [6.45, 7) is 3.21. The van der Waals surface area contributed by atoms with E-state index < -0.39 is 6.04 Å². The van der Waals surface area contributed by atoms with Crippen molar-refractivity contribution in [3.8, 4) is 0 Å². The first-order valence-corrected chi connectivity index (χ1v) is 8.33. The maximum atomic E-state index is 12.6. The summed E-state index contributed by atoms with van der Waals surface area (Å²) < 4.78 is 0. The number of hydrogen-bond donors (Lipinski definition) is 3. The van der Waals surface area contributed by atoms with Gasteiger partial charge < -0.3 is 20.7 Å². The van der Waals surface area contributed by atoms with Crippen molar-refractivity contribution in [1.29, 1.82) is 0 Å². The van der Waals surface area contributed by atoms with Gasteiger partial charge in [0.15, 0.2) is 0 Å². The number of H-pyrrole nitrogens is 1. The third-order valence-corrected chi connectivity index (χ3v) is 4.97. The number of halogens is 1. The van der Waals surface area contributed by atoms with E-state index in [1.54, 1.807) is 0 Å². The molecule has 0 saturated carbocycles. The molecule has 6 heteroatoms. The van der Waals surface area contributed by atoms with Crippen molar-refractivity contribution >= 4 is 29.2 Å². The topological polar surface area (TPSA) is 82.3 Å². The molecule has 4 N–H and O–H groups in total. The van der Waals surface area contributed by atoms with E-state index in [0.717, 1.165) is 29.3 Å². The number of aliphatic hydroxyl groups is 1. The molecule has 0 spiro atoms. The first-order chi connectivity index (χ1) is 11.1. The van der Waals surface area contributed by atoms with E-state index in [0.29, 0.717) is 25.4 Å². The average molecular weight is 352 g/mol. The fourth-order valence-electron chi connectivity index (χ4n) is 3.46. The number of likely N-dealkylation sites (tertiary alicyclic amines) is 1. The van der Waals surface area contributed by atoms with E-state index in [1.165, 1.54) is 0 Å². The van der Waals surface area contributed by atoms with Crippen LogP contribution in [-0.2, 0) is 11.2 Å². The number of aromatic nitrogens is 1. The SMILES string of the molecule is CC(O)C1CCN(C(=O)[C@@H](N)Cc2c[nH]c3ccccc23)CC1.Cl. The number of benzene rings is 1. The fraction of sp³-hybridized carbons (Fsp3) is 0.500. The molecule has 1 aliphatic rings. The lowest BCUT2D eigenvalue weighted by Gasteiger charge is -2.34. The highest BCUT2D eigenvalue weighted by molar-refractivity contribution is 5.86.